The lowest BCUT2D eigenvalue weighted by Crippen LogP contribution is -2.51. The van der Waals surface area contributed by atoms with Crippen LogP contribution in [0.25, 0.3) is 0 Å². The van der Waals surface area contributed by atoms with Gasteiger partial charge in [-0.25, -0.2) is 4.79 Å². The molecule has 1 aliphatic rings. The molecule has 3 heteroatoms. The van der Waals surface area contributed by atoms with Crippen molar-refractivity contribution in [1.29, 1.82) is 0 Å². The second-order valence-electron chi connectivity index (χ2n) is 3.19. The molecule has 0 aromatic heterocycles. The van der Waals surface area contributed by atoms with Crippen molar-refractivity contribution < 1.29 is 14.3 Å². The van der Waals surface area contributed by atoms with Crippen LogP contribution in [-0.2, 0) is 14.3 Å². The van der Waals surface area contributed by atoms with E-state index < -0.39 is 0 Å². The van der Waals surface area contributed by atoms with Crippen molar-refractivity contribution in [2.45, 2.75) is 32.0 Å². The lowest BCUT2D eigenvalue weighted by atomic mass is 9.92. The highest BCUT2D eigenvalue weighted by atomic mass is 16.6. The average Bonchev–Trinajstić information content (AvgIpc) is 1.99. The van der Waals surface area contributed by atoms with Crippen molar-refractivity contribution in [2.24, 2.45) is 0 Å². The zero-order chi connectivity index (χ0) is 9.19. The van der Waals surface area contributed by atoms with Crippen LogP contribution >= 0.6 is 0 Å². The normalized spacial score (nSPS) is 30.2. The Labute approximate surface area is 72.4 Å². The number of hydrogen-bond acceptors (Lipinski definition) is 3. The Morgan fingerprint density at radius 3 is 2.75 bits per heavy atom. The highest BCUT2D eigenvalue weighted by Crippen LogP contribution is 2.30. The summed E-state index contributed by atoms with van der Waals surface area (Å²) in [6, 6.07) is 0. The van der Waals surface area contributed by atoms with Crippen LogP contribution in [-0.4, -0.2) is 24.3 Å². The molecule has 1 heterocycles. The van der Waals surface area contributed by atoms with Gasteiger partial charge in [-0.3, -0.25) is 0 Å². The van der Waals surface area contributed by atoms with Gasteiger partial charge in [0.25, 0.3) is 0 Å². The highest BCUT2D eigenvalue weighted by Gasteiger charge is 2.40. The Bertz CT molecular complexity index is 194. The molecule has 1 fully saturated rings. The molecule has 1 aliphatic heterocycles. The molecule has 0 saturated carbocycles. The van der Waals surface area contributed by atoms with Gasteiger partial charge in [0.2, 0.25) is 0 Å². The minimum atomic E-state index is -0.390. The van der Waals surface area contributed by atoms with Gasteiger partial charge in [-0.05, 0) is 13.8 Å². The van der Waals surface area contributed by atoms with Crippen LogP contribution in [0.1, 0.15) is 20.3 Å². The summed E-state index contributed by atoms with van der Waals surface area (Å²) in [5, 5.41) is 0. The van der Waals surface area contributed by atoms with Crippen LogP contribution in [0.15, 0.2) is 12.7 Å². The second kappa shape index (κ2) is 3.27. The SMILES string of the molecule is C=CC(=O)OC(C)C1(C)CCO1. The van der Waals surface area contributed by atoms with Gasteiger partial charge >= 0.3 is 5.97 Å². The van der Waals surface area contributed by atoms with Crippen LogP contribution in [0.4, 0.5) is 0 Å². The third-order valence-corrected chi connectivity index (χ3v) is 2.35. The molecule has 0 bridgehead atoms. The van der Waals surface area contributed by atoms with Crippen molar-refractivity contribution in [3.05, 3.63) is 12.7 Å². The predicted molar refractivity (Wildman–Crippen MR) is 44.7 cm³/mol. The number of carbonyl (C=O) groups excluding carboxylic acids is 1. The van der Waals surface area contributed by atoms with E-state index in [9.17, 15) is 4.79 Å². The van der Waals surface area contributed by atoms with E-state index in [2.05, 4.69) is 6.58 Å². The number of rotatable bonds is 3. The van der Waals surface area contributed by atoms with Gasteiger partial charge in [-0.2, -0.15) is 0 Å². The first kappa shape index (κ1) is 9.26. The molecule has 0 N–H and O–H groups in total. The molecular formula is C9H14O3. The summed E-state index contributed by atoms with van der Waals surface area (Å²) in [5.41, 5.74) is -0.279. The fraction of sp³-hybridized carbons (Fsp3) is 0.667. The van der Waals surface area contributed by atoms with Gasteiger partial charge in [0.15, 0.2) is 0 Å². The third-order valence-electron chi connectivity index (χ3n) is 2.35. The summed E-state index contributed by atoms with van der Waals surface area (Å²) < 4.78 is 10.3. The number of hydrogen-bond donors (Lipinski definition) is 0. The standard InChI is InChI=1S/C9H14O3/c1-4-8(10)12-7(2)9(3)5-6-11-9/h4,7H,1,5-6H2,2-3H3. The van der Waals surface area contributed by atoms with Crippen LogP contribution < -0.4 is 0 Å². The predicted octanol–water partition coefficient (Wildman–Crippen LogP) is 1.28. The van der Waals surface area contributed by atoms with Crippen LogP contribution in [0, 0.1) is 0 Å². The highest BCUT2D eigenvalue weighted by molar-refractivity contribution is 5.81. The van der Waals surface area contributed by atoms with Gasteiger partial charge in [0.05, 0.1) is 6.61 Å². The monoisotopic (exact) mass is 170 g/mol. The Hall–Kier alpha value is -0.830. The quantitative estimate of drug-likeness (QED) is 0.473. The van der Waals surface area contributed by atoms with E-state index in [1.165, 1.54) is 6.08 Å². The minimum Gasteiger partial charge on any atom is -0.456 e. The molecule has 2 atom stereocenters. The molecule has 0 amide bonds. The van der Waals surface area contributed by atoms with Gasteiger partial charge in [0, 0.05) is 12.5 Å². The molecule has 2 unspecified atom stereocenters. The van der Waals surface area contributed by atoms with E-state index >= 15 is 0 Å². The van der Waals surface area contributed by atoms with Crippen LogP contribution in [0.2, 0.25) is 0 Å². The molecule has 68 valence electrons. The summed E-state index contributed by atoms with van der Waals surface area (Å²) in [6.45, 7) is 7.86. The molecule has 0 aromatic rings. The first-order valence-electron chi connectivity index (χ1n) is 4.05. The summed E-state index contributed by atoms with van der Waals surface area (Å²) in [6.07, 6.45) is 1.91. The zero-order valence-corrected chi connectivity index (χ0v) is 7.50. The zero-order valence-electron chi connectivity index (χ0n) is 7.50. The fourth-order valence-corrected chi connectivity index (χ4v) is 1.09. The molecule has 3 nitrogen and oxygen atoms in total. The Morgan fingerprint density at radius 2 is 2.42 bits per heavy atom. The molecular weight excluding hydrogens is 156 g/mol. The van der Waals surface area contributed by atoms with Crippen LogP contribution in [0.5, 0.6) is 0 Å². The van der Waals surface area contributed by atoms with Crippen molar-refractivity contribution >= 4 is 5.97 Å². The van der Waals surface area contributed by atoms with E-state index in [-0.39, 0.29) is 17.7 Å². The Kier molecular flexibility index (Phi) is 2.52. The Morgan fingerprint density at radius 1 is 1.83 bits per heavy atom. The number of carbonyl (C=O) groups is 1. The minimum absolute atomic E-state index is 0.197. The first-order valence-corrected chi connectivity index (χ1v) is 4.05. The van der Waals surface area contributed by atoms with E-state index in [1.54, 1.807) is 0 Å². The van der Waals surface area contributed by atoms with Gasteiger partial charge in [-0.1, -0.05) is 6.58 Å². The van der Waals surface area contributed by atoms with Crippen molar-refractivity contribution in [1.82, 2.24) is 0 Å². The maximum absolute atomic E-state index is 10.8. The summed E-state index contributed by atoms with van der Waals surface area (Å²) in [7, 11) is 0. The summed E-state index contributed by atoms with van der Waals surface area (Å²) in [4.78, 5) is 10.8. The molecule has 12 heavy (non-hydrogen) atoms. The molecule has 0 spiro atoms. The van der Waals surface area contributed by atoms with Crippen LogP contribution in [0.3, 0.4) is 0 Å². The molecule has 0 aliphatic carbocycles. The fourth-order valence-electron chi connectivity index (χ4n) is 1.09. The first-order chi connectivity index (χ1) is 5.58. The van der Waals surface area contributed by atoms with E-state index in [1.807, 2.05) is 13.8 Å². The van der Waals surface area contributed by atoms with Gasteiger partial charge < -0.3 is 9.47 Å². The second-order valence-corrected chi connectivity index (χ2v) is 3.19. The van der Waals surface area contributed by atoms with E-state index in [4.69, 9.17) is 9.47 Å². The molecule has 0 radical (unpaired) electrons. The number of ether oxygens (including phenoxy) is 2. The maximum atomic E-state index is 10.8. The topological polar surface area (TPSA) is 35.5 Å². The lowest BCUT2D eigenvalue weighted by molar-refractivity contribution is -0.203. The van der Waals surface area contributed by atoms with Gasteiger partial charge in [-0.15, -0.1) is 0 Å². The van der Waals surface area contributed by atoms with Crippen molar-refractivity contribution in [2.75, 3.05) is 6.61 Å². The number of esters is 1. The van der Waals surface area contributed by atoms with E-state index in [0.29, 0.717) is 0 Å². The smallest absolute Gasteiger partial charge is 0.330 e. The molecule has 0 aromatic carbocycles. The maximum Gasteiger partial charge on any atom is 0.330 e. The molecule has 1 saturated heterocycles. The van der Waals surface area contributed by atoms with E-state index in [0.717, 1.165) is 13.0 Å². The van der Waals surface area contributed by atoms with Crippen molar-refractivity contribution in [3.8, 4) is 0 Å². The lowest BCUT2D eigenvalue weighted by Gasteiger charge is -2.42. The van der Waals surface area contributed by atoms with Crippen molar-refractivity contribution in [3.63, 3.8) is 0 Å². The van der Waals surface area contributed by atoms with Gasteiger partial charge in [0.1, 0.15) is 11.7 Å². The largest absolute Gasteiger partial charge is 0.456 e. The molecule has 1 rings (SSSR count). The summed E-state index contributed by atoms with van der Waals surface area (Å²) >= 11 is 0. The Balaban J connectivity index is 2.41. The average molecular weight is 170 g/mol. The third kappa shape index (κ3) is 1.67. The summed E-state index contributed by atoms with van der Waals surface area (Å²) in [5.74, 6) is -0.390.